The van der Waals surface area contributed by atoms with E-state index in [9.17, 15) is 9.18 Å². The predicted molar refractivity (Wildman–Crippen MR) is 99.5 cm³/mol. The normalized spacial score (nSPS) is 10.6. The Morgan fingerprint density at radius 1 is 1.12 bits per heavy atom. The summed E-state index contributed by atoms with van der Waals surface area (Å²) in [4.78, 5) is 12.0. The highest BCUT2D eigenvalue weighted by atomic mass is 19.1. The lowest BCUT2D eigenvalue weighted by molar-refractivity contribution is 0.251. The number of rotatable bonds is 5. The third-order valence-electron chi connectivity index (χ3n) is 4.21. The van der Waals surface area contributed by atoms with E-state index in [0.717, 1.165) is 17.0 Å². The number of aryl methyl sites for hydroxylation is 1. The molecule has 3 aromatic rings. The molecule has 1 aromatic heterocycles. The number of urea groups is 1. The first-order valence-corrected chi connectivity index (χ1v) is 8.40. The Morgan fingerprint density at radius 3 is 2.62 bits per heavy atom. The molecule has 0 bridgehead atoms. The predicted octanol–water partition coefficient (Wildman–Crippen LogP) is 4.01. The Bertz CT molecular complexity index is 905. The lowest BCUT2D eigenvalue weighted by Crippen LogP contribution is -2.28. The Hall–Kier alpha value is -3.15. The number of nitrogens with one attached hydrogen (secondary N) is 2. The summed E-state index contributed by atoms with van der Waals surface area (Å²) in [7, 11) is 0. The lowest BCUT2D eigenvalue weighted by atomic mass is 10.2. The quantitative estimate of drug-likeness (QED) is 0.729. The highest BCUT2D eigenvalue weighted by Gasteiger charge is 2.13. The topological polar surface area (TPSA) is 59.0 Å². The van der Waals surface area contributed by atoms with E-state index >= 15 is 0 Å². The molecular formula is C20H21FN4O. The van der Waals surface area contributed by atoms with Crippen LogP contribution in [-0.4, -0.2) is 15.8 Å². The number of carbonyl (C=O) groups is 1. The van der Waals surface area contributed by atoms with Crippen LogP contribution in [0.25, 0.3) is 0 Å². The van der Waals surface area contributed by atoms with Gasteiger partial charge in [0.2, 0.25) is 0 Å². The van der Waals surface area contributed by atoms with Crippen molar-refractivity contribution >= 4 is 11.7 Å². The van der Waals surface area contributed by atoms with Crippen LogP contribution in [0.2, 0.25) is 0 Å². The molecular weight excluding hydrogens is 331 g/mol. The number of aromatic nitrogens is 2. The number of nitrogens with zero attached hydrogens (tertiary/aromatic N) is 2. The van der Waals surface area contributed by atoms with Gasteiger partial charge in [0.25, 0.3) is 0 Å². The van der Waals surface area contributed by atoms with Crippen LogP contribution >= 0.6 is 0 Å². The van der Waals surface area contributed by atoms with Crippen molar-refractivity contribution in [3.63, 3.8) is 0 Å². The summed E-state index contributed by atoms with van der Waals surface area (Å²) in [5.41, 5.74) is 4.45. The fraction of sp³-hybridized carbons (Fsp3) is 0.200. The van der Waals surface area contributed by atoms with Crippen LogP contribution in [-0.2, 0) is 13.1 Å². The summed E-state index contributed by atoms with van der Waals surface area (Å²) in [6.07, 6.45) is 0. The molecule has 1 heterocycles. The Kier molecular flexibility index (Phi) is 5.31. The van der Waals surface area contributed by atoms with Gasteiger partial charge < -0.3 is 10.6 Å². The molecule has 2 amide bonds. The van der Waals surface area contributed by atoms with Crippen molar-refractivity contribution in [2.75, 3.05) is 5.32 Å². The molecule has 26 heavy (non-hydrogen) atoms. The Labute approximate surface area is 151 Å². The minimum absolute atomic E-state index is 0.355. The molecule has 0 aliphatic rings. The summed E-state index contributed by atoms with van der Waals surface area (Å²) in [6.45, 7) is 4.96. The number of carbonyl (C=O) groups excluding carboxylic acids is 1. The number of halogens is 1. The van der Waals surface area contributed by atoms with Gasteiger partial charge in [-0.05, 0) is 37.6 Å². The van der Waals surface area contributed by atoms with E-state index in [2.05, 4.69) is 27.9 Å². The van der Waals surface area contributed by atoms with Crippen molar-refractivity contribution in [2.45, 2.75) is 26.9 Å². The molecule has 5 nitrogen and oxygen atoms in total. The van der Waals surface area contributed by atoms with E-state index in [1.165, 1.54) is 17.7 Å². The highest BCUT2D eigenvalue weighted by Crippen LogP contribution is 2.15. The molecule has 0 fully saturated rings. The second-order valence-corrected chi connectivity index (χ2v) is 6.11. The molecule has 134 valence electrons. The van der Waals surface area contributed by atoms with Gasteiger partial charge in [-0.15, -0.1) is 0 Å². The minimum Gasteiger partial charge on any atom is -0.334 e. The van der Waals surface area contributed by atoms with E-state index in [-0.39, 0.29) is 6.03 Å². The first kappa shape index (κ1) is 17.7. The van der Waals surface area contributed by atoms with Gasteiger partial charge in [0.1, 0.15) is 5.82 Å². The van der Waals surface area contributed by atoms with Gasteiger partial charge in [-0.1, -0.05) is 36.4 Å². The molecule has 0 unspecified atom stereocenters. The van der Waals surface area contributed by atoms with Crippen LogP contribution in [0.15, 0.2) is 54.6 Å². The van der Waals surface area contributed by atoms with Gasteiger partial charge in [0.15, 0.2) is 0 Å². The highest BCUT2D eigenvalue weighted by molar-refractivity contribution is 5.89. The molecule has 2 aromatic carbocycles. The van der Waals surface area contributed by atoms with Crippen LogP contribution in [0.5, 0.6) is 0 Å². The third-order valence-corrected chi connectivity index (χ3v) is 4.21. The van der Waals surface area contributed by atoms with Gasteiger partial charge in [0, 0.05) is 23.5 Å². The minimum atomic E-state index is -0.392. The maximum atomic E-state index is 13.2. The van der Waals surface area contributed by atoms with E-state index in [1.54, 1.807) is 12.1 Å². The standard InChI is InChI=1S/C20H21FN4O/c1-14-19(12-22-20(26)23-18-10-6-9-17(21)11-18)15(2)25(24-14)13-16-7-4-3-5-8-16/h3-11H,12-13H2,1-2H3,(H2,22,23,26). The number of benzene rings is 2. The molecule has 6 heteroatoms. The van der Waals surface area contributed by atoms with Gasteiger partial charge in [-0.3, -0.25) is 4.68 Å². The van der Waals surface area contributed by atoms with Crippen molar-refractivity contribution in [3.8, 4) is 0 Å². The summed E-state index contributed by atoms with van der Waals surface area (Å²) >= 11 is 0. The summed E-state index contributed by atoms with van der Waals surface area (Å²) in [6, 6.07) is 15.5. The first-order valence-electron chi connectivity index (χ1n) is 8.40. The zero-order valence-electron chi connectivity index (χ0n) is 14.8. The molecule has 3 rings (SSSR count). The smallest absolute Gasteiger partial charge is 0.319 e. The summed E-state index contributed by atoms with van der Waals surface area (Å²) in [5, 5.41) is 10.00. The maximum Gasteiger partial charge on any atom is 0.319 e. The molecule has 0 aliphatic heterocycles. The van der Waals surface area contributed by atoms with Crippen molar-refractivity contribution in [1.29, 1.82) is 0 Å². The molecule has 0 saturated carbocycles. The van der Waals surface area contributed by atoms with Crippen molar-refractivity contribution in [3.05, 3.63) is 82.9 Å². The second-order valence-electron chi connectivity index (χ2n) is 6.11. The Morgan fingerprint density at radius 2 is 1.88 bits per heavy atom. The maximum absolute atomic E-state index is 13.2. The lowest BCUT2D eigenvalue weighted by Gasteiger charge is -2.09. The Balaban J connectivity index is 1.63. The van der Waals surface area contributed by atoms with E-state index in [4.69, 9.17) is 0 Å². The molecule has 0 radical (unpaired) electrons. The van der Waals surface area contributed by atoms with Crippen LogP contribution in [0.3, 0.4) is 0 Å². The van der Waals surface area contributed by atoms with Crippen molar-refractivity contribution < 1.29 is 9.18 Å². The van der Waals surface area contributed by atoms with Gasteiger partial charge in [-0.25, -0.2) is 9.18 Å². The van der Waals surface area contributed by atoms with Crippen LogP contribution in [0.4, 0.5) is 14.9 Å². The summed E-state index contributed by atoms with van der Waals surface area (Å²) in [5.74, 6) is -0.392. The molecule has 0 spiro atoms. The zero-order chi connectivity index (χ0) is 18.5. The average Bonchev–Trinajstić information content (AvgIpc) is 2.87. The fourth-order valence-electron chi connectivity index (χ4n) is 2.81. The number of hydrogen-bond acceptors (Lipinski definition) is 2. The van der Waals surface area contributed by atoms with Crippen LogP contribution in [0.1, 0.15) is 22.5 Å². The number of anilines is 1. The van der Waals surface area contributed by atoms with E-state index < -0.39 is 5.82 Å². The number of hydrogen-bond donors (Lipinski definition) is 2. The van der Waals surface area contributed by atoms with E-state index in [1.807, 2.05) is 36.7 Å². The van der Waals surface area contributed by atoms with E-state index in [0.29, 0.717) is 18.8 Å². The molecule has 0 saturated heterocycles. The van der Waals surface area contributed by atoms with Crippen LogP contribution in [0, 0.1) is 19.7 Å². The molecule has 2 N–H and O–H groups in total. The zero-order valence-corrected chi connectivity index (χ0v) is 14.8. The molecule has 0 atom stereocenters. The second kappa shape index (κ2) is 7.82. The van der Waals surface area contributed by atoms with Gasteiger partial charge >= 0.3 is 6.03 Å². The van der Waals surface area contributed by atoms with Crippen molar-refractivity contribution in [2.24, 2.45) is 0 Å². The SMILES string of the molecule is Cc1nn(Cc2ccccc2)c(C)c1CNC(=O)Nc1cccc(F)c1. The molecule has 0 aliphatic carbocycles. The average molecular weight is 352 g/mol. The monoisotopic (exact) mass is 352 g/mol. The largest absolute Gasteiger partial charge is 0.334 e. The number of amides is 2. The van der Waals surface area contributed by atoms with Gasteiger partial charge in [-0.2, -0.15) is 5.10 Å². The van der Waals surface area contributed by atoms with Crippen LogP contribution < -0.4 is 10.6 Å². The van der Waals surface area contributed by atoms with Gasteiger partial charge in [0.05, 0.1) is 12.2 Å². The third kappa shape index (κ3) is 4.27. The summed E-state index contributed by atoms with van der Waals surface area (Å²) < 4.78 is 15.1. The first-order chi connectivity index (χ1) is 12.5. The fourth-order valence-corrected chi connectivity index (χ4v) is 2.81. The van der Waals surface area contributed by atoms with Crippen molar-refractivity contribution in [1.82, 2.24) is 15.1 Å².